The normalized spacial score (nSPS) is 24.1. The third-order valence-corrected chi connectivity index (χ3v) is 6.85. The van der Waals surface area contributed by atoms with Crippen LogP contribution in [-0.2, 0) is 20.6 Å². The van der Waals surface area contributed by atoms with Gasteiger partial charge in [-0.25, -0.2) is 0 Å². The van der Waals surface area contributed by atoms with Crippen LogP contribution in [-0.4, -0.2) is 61.1 Å². The van der Waals surface area contributed by atoms with E-state index in [0.29, 0.717) is 31.3 Å². The molecule has 0 radical (unpaired) electrons. The molecule has 2 aromatic rings. The summed E-state index contributed by atoms with van der Waals surface area (Å²) in [6.45, 7) is 7.54. The number of hydrogen-bond acceptors (Lipinski definition) is 6. The van der Waals surface area contributed by atoms with E-state index in [-0.39, 0.29) is 6.61 Å². The molecule has 7 heteroatoms. The van der Waals surface area contributed by atoms with Crippen molar-refractivity contribution in [2.75, 3.05) is 26.4 Å². The van der Waals surface area contributed by atoms with Crippen LogP contribution in [0.4, 0.5) is 0 Å². The van der Waals surface area contributed by atoms with Crippen LogP contribution in [0.1, 0.15) is 69.2 Å². The highest BCUT2D eigenvalue weighted by molar-refractivity contribution is 6.31. The topological polar surface area (TPSA) is 77.4 Å². The Bertz CT molecular complexity index is 905. The zero-order valence-corrected chi connectivity index (χ0v) is 22.5. The minimum absolute atomic E-state index is 0.306. The predicted molar refractivity (Wildman–Crippen MR) is 142 cm³/mol. The molecule has 1 aliphatic heterocycles. The molecule has 0 unspecified atom stereocenters. The fourth-order valence-electron chi connectivity index (χ4n) is 4.44. The van der Waals surface area contributed by atoms with E-state index in [0.717, 1.165) is 48.1 Å². The molecule has 0 aliphatic carbocycles. The first-order valence-corrected chi connectivity index (χ1v) is 13.6. The molecule has 6 nitrogen and oxygen atoms in total. The SMILES string of the molecule is CCCCO[C@@H]1[C@@H](OCCCC)[C@H](O)[C@@H](CO)O[C@H]1c1ccc(Cl)c(Cc2ccc(OCC)cc2)c1. The molecule has 1 saturated heterocycles. The first-order chi connectivity index (χ1) is 17.5. The Morgan fingerprint density at radius 1 is 0.917 bits per heavy atom. The zero-order valence-electron chi connectivity index (χ0n) is 21.7. The van der Waals surface area contributed by atoms with Crippen molar-refractivity contribution in [3.05, 3.63) is 64.2 Å². The Labute approximate surface area is 220 Å². The lowest BCUT2D eigenvalue weighted by atomic mass is 9.89. The van der Waals surface area contributed by atoms with Crippen LogP contribution in [0.25, 0.3) is 0 Å². The van der Waals surface area contributed by atoms with Crippen LogP contribution >= 0.6 is 11.6 Å². The van der Waals surface area contributed by atoms with E-state index in [2.05, 4.69) is 13.8 Å². The summed E-state index contributed by atoms with van der Waals surface area (Å²) in [6, 6.07) is 13.8. The third kappa shape index (κ3) is 7.67. The summed E-state index contributed by atoms with van der Waals surface area (Å²) < 4.78 is 24.2. The van der Waals surface area contributed by atoms with Crippen molar-refractivity contribution >= 4 is 11.6 Å². The van der Waals surface area contributed by atoms with Gasteiger partial charge in [0.15, 0.2) is 0 Å². The molecule has 1 heterocycles. The number of aliphatic hydroxyl groups excluding tert-OH is 2. The van der Waals surface area contributed by atoms with Gasteiger partial charge in [0, 0.05) is 18.2 Å². The molecule has 1 fully saturated rings. The molecular weight excluding hydrogens is 480 g/mol. The molecule has 200 valence electrons. The van der Waals surface area contributed by atoms with Gasteiger partial charge < -0.3 is 29.2 Å². The van der Waals surface area contributed by atoms with Crippen LogP contribution in [0.5, 0.6) is 5.75 Å². The Hall–Kier alpha value is -1.67. The molecule has 0 bridgehead atoms. The monoisotopic (exact) mass is 520 g/mol. The highest BCUT2D eigenvalue weighted by Gasteiger charge is 2.47. The van der Waals surface area contributed by atoms with Crippen molar-refractivity contribution in [1.82, 2.24) is 0 Å². The maximum Gasteiger partial charge on any atom is 0.119 e. The lowest BCUT2D eigenvalue weighted by Gasteiger charge is -2.44. The molecule has 36 heavy (non-hydrogen) atoms. The minimum Gasteiger partial charge on any atom is -0.494 e. The summed E-state index contributed by atoms with van der Waals surface area (Å²) >= 11 is 6.60. The second-order valence-corrected chi connectivity index (χ2v) is 9.66. The average Bonchev–Trinajstić information content (AvgIpc) is 2.88. The smallest absolute Gasteiger partial charge is 0.119 e. The van der Waals surface area contributed by atoms with E-state index >= 15 is 0 Å². The molecule has 0 amide bonds. The van der Waals surface area contributed by atoms with E-state index in [1.54, 1.807) is 0 Å². The molecule has 1 aliphatic rings. The van der Waals surface area contributed by atoms with Crippen molar-refractivity contribution < 1.29 is 29.2 Å². The Balaban J connectivity index is 1.88. The fourth-order valence-corrected chi connectivity index (χ4v) is 4.63. The summed E-state index contributed by atoms with van der Waals surface area (Å²) in [5.41, 5.74) is 2.96. The number of aliphatic hydroxyl groups is 2. The largest absolute Gasteiger partial charge is 0.494 e. The van der Waals surface area contributed by atoms with E-state index in [4.69, 9.17) is 30.5 Å². The quantitative estimate of drug-likeness (QED) is 0.321. The molecule has 5 atom stereocenters. The second-order valence-electron chi connectivity index (χ2n) is 9.25. The van der Waals surface area contributed by atoms with Crippen LogP contribution in [0, 0.1) is 0 Å². The first-order valence-electron chi connectivity index (χ1n) is 13.2. The Morgan fingerprint density at radius 3 is 2.19 bits per heavy atom. The molecule has 0 aromatic heterocycles. The van der Waals surface area contributed by atoms with Crippen LogP contribution in [0.15, 0.2) is 42.5 Å². The van der Waals surface area contributed by atoms with Crippen molar-refractivity contribution in [2.45, 2.75) is 83.4 Å². The highest BCUT2D eigenvalue weighted by atomic mass is 35.5. The molecule has 0 spiro atoms. The van der Waals surface area contributed by atoms with E-state index in [1.807, 2.05) is 49.4 Å². The van der Waals surface area contributed by atoms with Gasteiger partial charge in [0.1, 0.15) is 36.3 Å². The van der Waals surface area contributed by atoms with Crippen molar-refractivity contribution in [3.63, 3.8) is 0 Å². The molecule has 2 aromatic carbocycles. The van der Waals surface area contributed by atoms with E-state index in [1.165, 1.54) is 0 Å². The summed E-state index contributed by atoms with van der Waals surface area (Å²) in [6.07, 6.45) is 1.04. The maximum atomic E-state index is 11.0. The van der Waals surface area contributed by atoms with Gasteiger partial charge in [-0.15, -0.1) is 0 Å². The summed E-state index contributed by atoms with van der Waals surface area (Å²) in [5, 5.41) is 21.6. The number of unbranched alkanes of at least 4 members (excludes halogenated alkanes) is 2. The number of rotatable bonds is 14. The number of ether oxygens (including phenoxy) is 4. The number of halogens is 1. The lowest BCUT2D eigenvalue weighted by molar-refractivity contribution is -0.255. The van der Waals surface area contributed by atoms with Crippen molar-refractivity contribution in [3.8, 4) is 5.75 Å². The van der Waals surface area contributed by atoms with Crippen LogP contribution < -0.4 is 4.74 Å². The molecule has 3 rings (SSSR count). The van der Waals surface area contributed by atoms with Gasteiger partial charge in [-0.05, 0) is 61.1 Å². The average molecular weight is 521 g/mol. The summed E-state index contributed by atoms with van der Waals surface area (Å²) in [5.74, 6) is 0.839. The van der Waals surface area contributed by atoms with Gasteiger partial charge in [-0.3, -0.25) is 0 Å². The first kappa shape index (κ1) is 28.9. The van der Waals surface area contributed by atoms with E-state index in [9.17, 15) is 10.2 Å². The molecule has 0 saturated carbocycles. The Morgan fingerprint density at radius 2 is 1.58 bits per heavy atom. The lowest BCUT2D eigenvalue weighted by Crippen LogP contribution is -2.57. The predicted octanol–water partition coefficient (Wildman–Crippen LogP) is 5.49. The van der Waals surface area contributed by atoms with E-state index < -0.39 is 30.5 Å². The number of hydrogen-bond donors (Lipinski definition) is 2. The zero-order chi connectivity index (χ0) is 25.9. The molecular formula is C29H41ClO6. The standard InChI is InChI=1S/C29H41ClO6/c1-4-7-15-34-28-26(32)25(19-31)36-27(29(28)35-16-8-5-2)21-11-14-24(30)22(18-21)17-20-9-12-23(13-10-20)33-6-3/h9-14,18,25-29,31-32H,4-8,15-17,19H2,1-3H3/t25-,26-,27+,28+,29+/m1/s1. The summed E-state index contributed by atoms with van der Waals surface area (Å²) in [4.78, 5) is 0. The van der Waals surface area contributed by atoms with Gasteiger partial charge >= 0.3 is 0 Å². The van der Waals surface area contributed by atoms with Gasteiger partial charge in [0.2, 0.25) is 0 Å². The second kappa shape index (κ2) is 14.9. The Kier molecular flexibility index (Phi) is 12.0. The van der Waals surface area contributed by atoms with Crippen molar-refractivity contribution in [2.24, 2.45) is 0 Å². The minimum atomic E-state index is -0.981. The fraction of sp³-hybridized carbons (Fsp3) is 0.586. The number of benzene rings is 2. The van der Waals surface area contributed by atoms with Gasteiger partial charge in [-0.1, -0.05) is 62.6 Å². The highest BCUT2D eigenvalue weighted by Crippen LogP contribution is 2.37. The van der Waals surface area contributed by atoms with Crippen LogP contribution in [0.2, 0.25) is 5.02 Å². The van der Waals surface area contributed by atoms with Crippen LogP contribution in [0.3, 0.4) is 0 Å². The summed E-state index contributed by atoms with van der Waals surface area (Å²) in [7, 11) is 0. The van der Waals surface area contributed by atoms with Gasteiger partial charge in [0.25, 0.3) is 0 Å². The maximum absolute atomic E-state index is 11.0. The van der Waals surface area contributed by atoms with Gasteiger partial charge in [-0.2, -0.15) is 0 Å². The third-order valence-electron chi connectivity index (χ3n) is 6.48. The molecule has 2 N–H and O–H groups in total. The van der Waals surface area contributed by atoms with Crippen molar-refractivity contribution in [1.29, 1.82) is 0 Å². The van der Waals surface area contributed by atoms with Gasteiger partial charge in [0.05, 0.1) is 13.2 Å².